The van der Waals surface area contributed by atoms with E-state index < -0.39 is 11.1 Å². The van der Waals surface area contributed by atoms with Gasteiger partial charge in [0.05, 0.1) is 19.6 Å². The maximum Gasteiger partial charge on any atom is 0.308 e. The molecule has 2 heterocycles. The topological polar surface area (TPSA) is 55.8 Å². The molecule has 0 N–H and O–H groups in total. The van der Waals surface area contributed by atoms with E-state index >= 15 is 0 Å². The number of hydrogen-bond acceptors (Lipinski definition) is 4. The molecular weight excluding hydrogens is 282 g/mol. The molecule has 1 aromatic rings. The van der Waals surface area contributed by atoms with Crippen molar-refractivity contribution >= 4 is 11.9 Å². The summed E-state index contributed by atoms with van der Waals surface area (Å²) in [7, 11) is 1.62. The second-order valence-corrected chi connectivity index (χ2v) is 6.58. The van der Waals surface area contributed by atoms with Crippen molar-refractivity contribution in [2.24, 2.45) is 5.41 Å². The summed E-state index contributed by atoms with van der Waals surface area (Å²) in [5.41, 5.74) is -0.342. The Morgan fingerprint density at radius 3 is 2.41 bits per heavy atom. The van der Waals surface area contributed by atoms with E-state index in [4.69, 9.17) is 9.47 Å². The second-order valence-electron chi connectivity index (χ2n) is 6.58. The SMILES string of the molecule is COc1ccc([C@H](C)N2C(=O)C[C@@]3(C)CC(=O)O[C@@]23C)cc1. The number of methoxy groups -OCH3 is 1. The Balaban J connectivity index is 1.95. The molecule has 5 heteroatoms. The number of fused-ring (bicyclic) bond motifs is 1. The van der Waals surface area contributed by atoms with Gasteiger partial charge < -0.3 is 9.47 Å². The molecule has 22 heavy (non-hydrogen) atoms. The molecule has 118 valence electrons. The minimum Gasteiger partial charge on any atom is -0.497 e. The molecule has 1 amide bonds. The molecule has 2 fully saturated rings. The fourth-order valence-corrected chi connectivity index (χ4v) is 3.70. The highest BCUT2D eigenvalue weighted by molar-refractivity contribution is 5.86. The van der Waals surface area contributed by atoms with Crippen molar-refractivity contribution in [1.29, 1.82) is 0 Å². The number of nitrogens with zero attached hydrogens (tertiary/aromatic N) is 1. The van der Waals surface area contributed by atoms with Crippen molar-refractivity contribution in [3.05, 3.63) is 29.8 Å². The van der Waals surface area contributed by atoms with Crippen LogP contribution in [0.25, 0.3) is 0 Å². The lowest BCUT2D eigenvalue weighted by Crippen LogP contribution is -2.50. The first-order valence-corrected chi connectivity index (χ1v) is 7.49. The predicted octanol–water partition coefficient (Wildman–Crippen LogP) is 2.66. The van der Waals surface area contributed by atoms with E-state index in [1.54, 1.807) is 12.0 Å². The van der Waals surface area contributed by atoms with Crippen LogP contribution in [-0.2, 0) is 14.3 Å². The van der Waals surface area contributed by atoms with Crippen molar-refractivity contribution in [2.75, 3.05) is 7.11 Å². The van der Waals surface area contributed by atoms with Gasteiger partial charge in [-0.05, 0) is 31.5 Å². The van der Waals surface area contributed by atoms with Gasteiger partial charge in [0.2, 0.25) is 5.91 Å². The minimum absolute atomic E-state index is 0.0285. The normalized spacial score (nSPS) is 31.9. The van der Waals surface area contributed by atoms with Crippen LogP contribution in [0.5, 0.6) is 5.75 Å². The van der Waals surface area contributed by atoms with Gasteiger partial charge in [-0.25, -0.2) is 0 Å². The van der Waals surface area contributed by atoms with Gasteiger partial charge in [0.25, 0.3) is 0 Å². The van der Waals surface area contributed by atoms with Gasteiger partial charge >= 0.3 is 5.97 Å². The third-order valence-electron chi connectivity index (χ3n) is 5.22. The highest BCUT2D eigenvalue weighted by Gasteiger charge is 2.66. The molecule has 3 atom stereocenters. The number of ether oxygens (including phenoxy) is 2. The molecule has 2 aliphatic heterocycles. The second kappa shape index (κ2) is 4.73. The Morgan fingerprint density at radius 2 is 1.82 bits per heavy atom. The monoisotopic (exact) mass is 303 g/mol. The molecular formula is C17H21NO4. The van der Waals surface area contributed by atoms with E-state index in [2.05, 4.69) is 0 Å². The first-order chi connectivity index (χ1) is 10.3. The summed E-state index contributed by atoms with van der Waals surface area (Å²) in [6, 6.07) is 7.44. The number of benzene rings is 1. The smallest absolute Gasteiger partial charge is 0.308 e. The van der Waals surface area contributed by atoms with E-state index in [1.807, 2.05) is 45.0 Å². The number of hydrogen-bond donors (Lipinski definition) is 0. The molecule has 0 saturated carbocycles. The first kappa shape index (κ1) is 14.9. The van der Waals surface area contributed by atoms with Crippen LogP contribution in [0.3, 0.4) is 0 Å². The number of carbonyl (C=O) groups is 2. The predicted molar refractivity (Wildman–Crippen MR) is 80.1 cm³/mol. The maximum atomic E-state index is 12.6. The lowest BCUT2D eigenvalue weighted by molar-refractivity contribution is -0.176. The average Bonchev–Trinajstić information content (AvgIpc) is 2.78. The largest absolute Gasteiger partial charge is 0.497 e. The van der Waals surface area contributed by atoms with E-state index in [0.29, 0.717) is 12.8 Å². The molecule has 1 aromatic carbocycles. The van der Waals surface area contributed by atoms with Crippen LogP contribution in [0, 0.1) is 5.41 Å². The van der Waals surface area contributed by atoms with Crippen LogP contribution in [-0.4, -0.2) is 29.6 Å². The Bertz CT molecular complexity index is 626. The van der Waals surface area contributed by atoms with E-state index in [-0.39, 0.29) is 17.9 Å². The zero-order valence-corrected chi connectivity index (χ0v) is 13.4. The average molecular weight is 303 g/mol. The minimum atomic E-state index is -0.874. The van der Waals surface area contributed by atoms with E-state index in [0.717, 1.165) is 11.3 Å². The zero-order valence-electron chi connectivity index (χ0n) is 13.4. The van der Waals surface area contributed by atoms with Crippen molar-refractivity contribution in [1.82, 2.24) is 4.90 Å². The van der Waals surface area contributed by atoms with E-state index in [1.165, 1.54) is 0 Å². The number of esters is 1. The van der Waals surface area contributed by atoms with Gasteiger partial charge in [0.15, 0.2) is 5.72 Å². The summed E-state index contributed by atoms with van der Waals surface area (Å²) in [5, 5.41) is 0. The maximum absolute atomic E-state index is 12.6. The molecule has 0 bridgehead atoms. The van der Waals surface area contributed by atoms with Gasteiger partial charge in [-0.3, -0.25) is 14.5 Å². The fraction of sp³-hybridized carbons (Fsp3) is 0.529. The molecule has 0 aliphatic carbocycles. The summed E-state index contributed by atoms with van der Waals surface area (Å²) >= 11 is 0. The summed E-state index contributed by atoms with van der Waals surface area (Å²) < 4.78 is 10.8. The number of amides is 1. The lowest BCUT2D eigenvalue weighted by atomic mass is 9.79. The third kappa shape index (κ3) is 1.91. The summed E-state index contributed by atoms with van der Waals surface area (Å²) in [6.07, 6.45) is 0.636. The van der Waals surface area contributed by atoms with Crippen molar-refractivity contribution in [3.63, 3.8) is 0 Å². The molecule has 5 nitrogen and oxygen atoms in total. The van der Waals surface area contributed by atoms with Crippen LogP contribution >= 0.6 is 0 Å². The van der Waals surface area contributed by atoms with Gasteiger partial charge in [-0.2, -0.15) is 0 Å². The third-order valence-corrected chi connectivity index (χ3v) is 5.22. The van der Waals surface area contributed by atoms with E-state index in [9.17, 15) is 9.59 Å². The molecule has 3 rings (SSSR count). The Morgan fingerprint density at radius 1 is 1.18 bits per heavy atom. The Labute approximate surface area is 130 Å². The van der Waals surface area contributed by atoms with Crippen molar-refractivity contribution < 1.29 is 19.1 Å². The first-order valence-electron chi connectivity index (χ1n) is 7.49. The van der Waals surface area contributed by atoms with Gasteiger partial charge in [0.1, 0.15) is 5.75 Å². The molecule has 0 aromatic heterocycles. The van der Waals surface area contributed by atoms with Gasteiger partial charge in [0, 0.05) is 11.8 Å². The van der Waals surface area contributed by atoms with Crippen LogP contribution in [0.15, 0.2) is 24.3 Å². The summed E-state index contributed by atoms with van der Waals surface area (Å²) in [4.78, 5) is 26.1. The molecule has 0 unspecified atom stereocenters. The molecule has 0 spiro atoms. The van der Waals surface area contributed by atoms with Crippen LogP contribution in [0.2, 0.25) is 0 Å². The number of likely N-dealkylation sites (tertiary alicyclic amines) is 1. The zero-order chi connectivity index (χ0) is 16.1. The number of rotatable bonds is 3. The van der Waals surface area contributed by atoms with Crippen molar-refractivity contribution in [2.45, 2.75) is 45.4 Å². The molecule has 0 radical (unpaired) electrons. The Kier molecular flexibility index (Phi) is 3.20. The summed E-state index contributed by atoms with van der Waals surface area (Å²) in [5.74, 6) is 0.567. The van der Waals surface area contributed by atoms with Gasteiger partial charge in [-0.1, -0.05) is 19.1 Å². The highest BCUT2D eigenvalue weighted by Crippen LogP contribution is 2.56. The van der Waals surface area contributed by atoms with Crippen LogP contribution < -0.4 is 4.74 Å². The standard InChI is InChI=1S/C17H21NO4/c1-11(12-5-7-13(21-4)8-6-12)18-14(19)9-16(2)10-15(20)22-17(16,18)3/h5-8,11H,9-10H2,1-4H3/t11-,16-,17+/m0/s1. The van der Waals surface area contributed by atoms with Crippen LogP contribution in [0.1, 0.15) is 45.2 Å². The summed E-state index contributed by atoms with van der Waals surface area (Å²) in [6.45, 7) is 5.77. The number of carbonyl (C=O) groups excluding carboxylic acids is 2. The quantitative estimate of drug-likeness (QED) is 0.806. The molecule has 2 saturated heterocycles. The van der Waals surface area contributed by atoms with Gasteiger partial charge in [-0.15, -0.1) is 0 Å². The lowest BCUT2D eigenvalue weighted by Gasteiger charge is -2.41. The fourth-order valence-electron chi connectivity index (χ4n) is 3.70. The highest BCUT2D eigenvalue weighted by atomic mass is 16.6. The van der Waals surface area contributed by atoms with Crippen molar-refractivity contribution in [3.8, 4) is 5.75 Å². The van der Waals surface area contributed by atoms with Crippen LogP contribution in [0.4, 0.5) is 0 Å². The Hall–Kier alpha value is -2.04. The molecule has 2 aliphatic rings.